The molecule has 0 aromatic heterocycles. The Kier molecular flexibility index (Phi) is 5.79. The fourth-order valence-electron chi connectivity index (χ4n) is 2.13. The van der Waals surface area contributed by atoms with Gasteiger partial charge in [-0.05, 0) is 24.5 Å². The molecule has 2 rings (SSSR count). The van der Waals surface area contributed by atoms with E-state index in [-0.39, 0.29) is 35.2 Å². The first kappa shape index (κ1) is 17.2. The van der Waals surface area contributed by atoms with Gasteiger partial charge in [0.2, 0.25) is 0 Å². The SMILES string of the molecule is CN(C(N)=NCC(C)(C)c1ccccc1F)C1CC1.I. The number of nitrogens with zero attached hydrogens (tertiary/aromatic N) is 2. The first-order chi connectivity index (χ1) is 8.92. The minimum absolute atomic E-state index is 0. The van der Waals surface area contributed by atoms with Gasteiger partial charge in [-0.2, -0.15) is 0 Å². The van der Waals surface area contributed by atoms with Gasteiger partial charge in [0.1, 0.15) is 5.82 Å². The lowest BCUT2D eigenvalue weighted by atomic mass is 9.84. The van der Waals surface area contributed by atoms with Crippen LogP contribution in [0.4, 0.5) is 4.39 Å². The topological polar surface area (TPSA) is 41.6 Å². The van der Waals surface area contributed by atoms with Crippen LogP contribution in [0.15, 0.2) is 29.3 Å². The molecule has 0 saturated heterocycles. The van der Waals surface area contributed by atoms with Crippen LogP contribution in [0.1, 0.15) is 32.3 Å². The molecular formula is C15H23FIN3. The van der Waals surface area contributed by atoms with Crippen LogP contribution in [0.5, 0.6) is 0 Å². The van der Waals surface area contributed by atoms with Crippen molar-refractivity contribution >= 4 is 29.9 Å². The van der Waals surface area contributed by atoms with Gasteiger partial charge in [0, 0.05) is 18.5 Å². The Bertz CT molecular complexity index is 484. The molecule has 0 bridgehead atoms. The highest BCUT2D eigenvalue weighted by molar-refractivity contribution is 14.0. The van der Waals surface area contributed by atoms with Gasteiger partial charge < -0.3 is 10.6 Å². The Balaban J connectivity index is 0.00000200. The zero-order chi connectivity index (χ0) is 14.0. The highest BCUT2D eigenvalue weighted by Crippen LogP contribution is 2.27. The number of rotatable bonds is 4. The van der Waals surface area contributed by atoms with Crippen molar-refractivity contribution in [2.24, 2.45) is 10.7 Å². The van der Waals surface area contributed by atoms with Crippen LogP contribution < -0.4 is 5.73 Å². The second kappa shape index (κ2) is 6.74. The number of hydrogen-bond acceptors (Lipinski definition) is 1. The number of aliphatic imine (C=N–C) groups is 1. The summed E-state index contributed by atoms with van der Waals surface area (Å²) in [6, 6.07) is 7.39. The molecular weight excluding hydrogens is 368 g/mol. The number of nitrogens with two attached hydrogens (primary N) is 1. The summed E-state index contributed by atoms with van der Waals surface area (Å²) in [6.45, 7) is 4.45. The third-order valence-electron chi connectivity index (χ3n) is 3.70. The van der Waals surface area contributed by atoms with Crippen LogP contribution in [0.2, 0.25) is 0 Å². The normalized spacial score (nSPS) is 15.7. The van der Waals surface area contributed by atoms with E-state index < -0.39 is 0 Å². The molecule has 112 valence electrons. The zero-order valence-electron chi connectivity index (χ0n) is 12.3. The van der Waals surface area contributed by atoms with Gasteiger partial charge in [0.05, 0.1) is 6.54 Å². The van der Waals surface area contributed by atoms with Gasteiger partial charge in [-0.25, -0.2) is 4.39 Å². The molecule has 3 nitrogen and oxygen atoms in total. The minimum Gasteiger partial charge on any atom is -0.370 e. The second-order valence-corrected chi connectivity index (χ2v) is 5.88. The van der Waals surface area contributed by atoms with Crippen molar-refractivity contribution < 1.29 is 4.39 Å². The van der Waals surface area contributed by atoms with E-state index in [1.807, 2.05) is 37.9 Å². The maximum atomic E-state index is 13.8. The smallest absolute Gasteiger partial charge is 0.191 e. The Morgan fingerprint density at radius 1 is 1.40 bits per heavy atom. The molecule has 2 N–H and O–H groups in total. The number of benzene rings is 1. The number of guanidine groups is 1. The Labute approximate surface area is 137 Å². The predicted molar refractivity (Wildman–Crippen MR) is 92.1 cm³/mol. The van der Waals surface area contributed by atoms with Crippen molar-refractivity contribution in [3.63, 3.8) is 0 Å². The fraction of sp³-hybridized carbons (Fsp3) is 0.533. The molecule has 0 aliphatic heterocycles. The number of halogens is 2. The molecule has 0 spiro atoms. The molecule has 0 radical (unpaired) electrons. The number of hydrogen-bond donors (Lipinski definition) is 1. The second-order valence-electron chi connectivity index (χ2n) is 5.88. The molecule has 1 fully saturated rings. The van der Waals surface area contributed by atoms with Crippen LogP contribution in [-0.4, -0.2) is 30.5 Å². The molecule has 20 heavy (non-hydrogen) atoms. The third kappa shape index (κ3) is 4.07. The van der Waals surface area contributed by atoms with Gasteiger partial charge >= 0.3 is 0 Å². The lowest BCUT2D eigenvalue weighted by molar-refractivity contribution is 0.467. The van der Waals surface area contributed by atoms with E-state index in [9.17, 15) is 4.39 Å². The van der Waals surface area contributed by atoms with E-state index >= 15 is 0 Å². The van der Waals surface area contributed by atoms with Crippen LogP contribution in [0, 0.1) is 5.82 Å². The van der Waals surface area contributed by atoms with Gasteiger partial charge in [-0.1, -0.05) is 32.0 Å². The lowest BCUT2D eigenvalue weighted by Crippen LogP contribution is -2.37. The Hall–Kier alpha value is -0.850. The quantitative estimate of drug-likeness (QED) is 0.487. The highest BCUT2D eigenvalue weighted by atomic mass is 127. The minimum atomic E-state index is -0.361. The molecule has 1 aliphatic rings. The summed E-state index contributed by atoms with van der Waals surface area (Å²) < 4.78 is 13.8. The molecule has 1 aromatic rings. The Morgan fingerprint density at radius 3 is 2.55 bits per heavy atom. The van der Waals surface area contributed by atoms with E-state index in [1.165, 1.54) is 18.9 Å². The van der Waals surface area contributed by atoms with Crippen LogP contribution in [-0.2, 0) is 5.41 Å². The van der Waals surface area contributed by atoms with Crippen molar-refractivity contribution in [3.8, 4) is 0 Å². The molecule has 1 aromatic carbocycles. The third-order valence-corrected chi connectivity index (χ3v) is 3.70. The van der Waals surface area contributed by atoms with Gasteiger partial charge in [-0.3, -0.25) is 4.99 Å². The van der Waals surface area contributed by atoms with Crippen molar-refractivity contribution in [3.05, 3.63) is 35.6 Å². The summed E-state index contributed by atoms with van der Waals surface area (Å²) in [5.74, 6) is 0.365. The summed E-state index contributed by atoms with van der Waals surface area (Å²) in [7, 11) is 1.96. The van der Waals surface area contributed by atoms with Crippen molar-refractivity contribution in [2.75, 3.05) is 13.6 Å². The Morgan fingerprint density at radius 2 is 2.00 bits per heavy atom. The molecule has 5 heteroatoms. The maximum Gasteiger partial charge on any atom is 0.191 e. The predicted octanol–water partition coefficient (Wildman–Crippen LogP) is 3.13. The monoisotopic (exact) mass is 391 g/mol. The van der Waals surface area contributed by atoms with Gasteiger partial charge in [0.25, 0.3) is 0 Å². The van der Waals surface area contributed by atoms with Crippen LogP contribution in [0.25, 0.3) is 0 Å². The standard InChI is InChI=1S/C15H22FN3.HI/c1-15(2,12-6-4-5-7-13(12)16)10-18-14(17)19(3)11-8-9-11;/h4-7,11H,8-10H2,1-3H3,(H2,17,18);1H. The van der Waals surface area contributed by atoms with E-state index in [0.717, 1.165) is 0 Å². The fourth-order valence-corrected chi connectivity index (χ4v) is 2.13. The maximum absolute atomic E-state index is 13.8. The summed E-state index contributed by atoms with van der Waals surface area (Å²) in [4.78, 5) is 6.44. The summed E-state index contributed by atoms with van der Waals surface area (Å²) >= 11 is 0. The van der Waals surface area contributed by atoms with E-state index in [2.05, 4.69) is 4.99 Å². The van der Waals surface area contributed by atoms with Crippen molar-refractivity contribution in [2.45, 2.75) is 38.1 Å². The summed E-state index contributed by atoms with van der Waals surface area (Å²) in [6.07, 6.45) is 2.37. The highest BCUT2D eigenvalue weighted by Gasteiger charge is 2.28. The molecule has 0 atom stereocenters. The average molecular weight is 391 g/mol. The van der Waals surface area contributed by atoms with Crippen molar-refractivity contribution in [1.29, 1.82) is 0 Å². The van der Waals surface area contributed by atoms with E-state index in [4.69, 9.17) is 5.73 Å². The molecule has 1 saturated carbocycles. The first-order valence-electron chi connectivity index (χ1n) is 6.69. The molecule has 1 aliphatic carbocycles. The average Bonchev–Trinajstić information content (AvgIpc) is 3.19. The summed E-state index contributed by atoms with van der Waals surface area (Å²) in [5, 5.41) is 0. The summed E-state index contributed by atoms with van der Waals surface area (Å²) in [5.41, 5.74) is 6.28. The van der Waals surface area contributed by atoms with Crippen LogP contribution in [0.3, 0.4) is 0 Å². The zero-order valence-corrected chi connectivity index (χ0v) is 14.6. The largest absolute Gasteiger partial charge is 0.370 e. The molecule has 0 unspecified atom stereocenters. The van der Waals surface area contributed by atoms with Crippen LogP contribution >= 0.6 is 24.0 Å². The van der Waals surface area contributed by atoms with E-state index in [0.29, 0.717) is 24.1 Å². The van der Waals surface area contributed by atoms with E-state index in [1.54, 1.807) is 6.07 Å². The molecule has 0 amide bonds. The lowest BCUT2D eigenvalue weighted by Gasteiger charge is -2.25. The van der Waals surface area contributed by atoms with Gasteiger partial charge in [-0.15, -0.1) is 24.0 Å². The van der Waals surface area contributed by atoms with Crippen molar-refractivity contribution in [1.82, 2.24) is 4.90 Å². The van der Waals surface area contributed by atoms with Gasteiger partial charge in [0.15, 0.2) is 5.96 Å². The molecule has 0 heterocycles. The first-order valence-corrected chi connectivity index (χ1v) is 6.69.